The van der Waals surface area contributed by atoms with Crippen molar-refractivity contribution in [2.24, 2.45) is 0 Å². The third-order valence-electron chi connectivity index (χ3n) is 3.23. The molecule has 0 aliphatic carbocycles. The molecule has 0 fully saturated rings. The first-order valence-electron chi connectivity index (χ1n) is 5.88. The number of nitrogens with two attached hydrogens (primary N) is 1. The molecule has 0 spiro atoms. The first kappa shape index (κ1) is 10.2. The summed E-state index contributed by atoms with van der Waals surface area (Å²) < 4.78 is 5.50. The Kier molecular flexibility index (Phi) is 2.28. The van der Waals surface area contributed by atoms with E-state index in [4.69, 9.17) is 10.5 Å². The van der Waals surface area contributed by atoms with Crippen molar-refractivity contribution < 1.29 is 4.74 Å². The SMILES string of the molecule is CCc1c(N)n[nH]c1-c1ccc2c(c1)CCO2. The topological polar surface area (TPSA) is 63.9 Å². The quantitative estimate of drug-likeness (QED) is 0.829. The Morgan fingerprint density at radius 3 is 3.18 bits per heavy atom. The van der Waals surface area contributed by atoms with Crippen molar-refractivity contribution in [1.29, 1.82) is 0 Å². The molecule has 0 radical (unpaired) electrons. The minimum atomic E-state index is 0.597. The third-order valence-corrected chi connectivity index (χ3v) is 3.23. The monoisotopic (exact) mass is 229 g/mol. The van der Waals surface area contributed by atoms with Crippen molar-refractivity contribution in [3.05, 3.63) is 29.3 Å². The standard InChI is InChI=1S/C13H15N3O/c1-2-10-12(15-16-13(10)14)9-3-4-11-8(7-9)5-6-17-11/h3-4,7H,2,5-6H2,1H3,(H3,14,15,16). The maximum absolute atomic E-state index is 5.83. The fourth-order valence-corrected chi connectivity index (χ4v) is 2.32. The number of nitrogens with zero attached hydrogens (tertiary/aromatic N) is 1. The van der Waals surface area contributed by atoms with E-state index in [-0.39, 0.29) is 0 Å². The average molecular weight is 229 g/mol. The second kappa shape index (κ2) is 3.80. The largest absolute Gasteiger partial charge is 0.493 e. The van der Waals surface area contributed by atoms with Gasteiger partial charge in [-0.15, -0.1) is 0 Å². The van der Waals surface area contributed by atoms with Crippen LogP contribution < -0.4 is 10.5 Å². The molecule has 2 heterocycles. The van der Waals surface area contributed by atoms with E-state index >= 15 is 0 Å². The highest BCUT2D eigenvalue weighted by molar-refractivity contribution is 5.69. The van der Waals surface area contributed by atoms with Crippen LogP contribution in [0.4, 0.5) is 5.82 Å². The molecular formula is C13H15N3O. The number of hydrogen-bond acceptors (Lipinski definition) is 3. The van der Waals surface area contributed by atoms with E-state index < -0.39 is 0 Å². The fraction of sp³-hybridized carbons (Fsp3) is 0.308. The lowest BCUT2D eigenvalue weighted by Gasteiger charge is -2.04. The number of benzene rings is 1. The summed E-state index contributed by atoms with van der Waals surface area (Å²) in [5.41, 5.74) is 10.3. The molecule has 4 nitrogen and oxygen atoms in total. The summed E-state index contributed by atoms with van der Waals surface area (Å²) in [6.45, 7) is 2.87. The van der Waals surface area contributed by atoms with Gasteiger partial charge in [-0.05, 0) is 30.2 Å². The number of aromatic nitrogens is 2. The molecule has 3 N–H and O–H groups in total. The lowest BCUT2D eigenvalue weighted by molar-refractivity contribution is 0.357. The first-order chi connectivity index (χ1) is 8.29. The summed E-state index contributed by atoms with van der Waals surface area (Å²) in [6.07, 6.45) is 1.86. The average Bonchev–Trinajstić information content (AvgIpc) is 2.93. The zero-order valence-electron chi connectivity index (χ0n) is 9.79. The van der Waals surface area contributed by atoms with Crippen LogP contribution in [-0.2, 0) is 12.8 Å². The molecular weight excluding hydrogens is 214 g/mol. The summed E-state index contributed by atoms with van der Waals surface area (Å²) in [4.78, 5) is 0. The summed E-state index contributed by atoms with van der Waals surface area (Å²) in [5, 5.41) is 7.10. The Labute approximate surface area is 99.8 Å². The minimum Gasteiger partial charge on any atom is -0.493 e. The van der Waals surface area contributed by atoms with Gasteiger partial charge in [0.25, 0.3) is 0 Å². The number of H-pyrrole nitrogens is 1. The Morgan fingerprint density at radius 1 is 1.47 bits per heavy atom. The van der Waals surface area contributed by atoms with Crippen molar-refractivity contribution in [3.8, 4) is 17.0 Å². The van der Waals surface area contributed by atoms with Crippen LogP contribution in [0.2, 0.25) is 0 Å². The molecule has 0 saturated heterocycles. The van der Waals surface area contributed by atoms with Crippen molar-refractivity contribution in [2.45, 2.75) is 19.8 Å². The van der Waals surface area contributed by atoms with Gasteiger partial charge in [-0.1, -0.05) is 6.92 Å². The van der Waals surface area contributed by atoms with Gasteiger partial charge in [0, 0.05) is 17.5 Å². The predicted molar refractivity (Wildman–Crippen MR) is 67.0 cm³/mol. The van der Waals surface area contributed by atoms with Gasteiger partial charge in [-0.25, -0.2) is 0 Å². The number of hydrogen-bond donors (Lipinski definition) is 2. The van der Waals surface area contributed by atoms with Gasteiger partial charge in [0.1, 0.15) is 11.6 Å². The highest BCUT2D eigenvalue weighted by Crippen LogP contribution is 2.32. The Balaban J connectivity index is 2.09. The summed E-state index contributed by atoms with van der Waals surface area (Å²) in [6, 6.07) is 6.23. The van der Waals surface area contributed by atoms with Crippen LogP contribution >= 0.6 is 0 Å². The number of anilines is 1. The molecule has 1 aliphatic heterocycles. The van der Waals surface area contributed by atoms with Crippen LogP contribution in [0, 0.1) is 0 Å². The summed E-state index contributed by atoms with van der Waals surface area (Å²) >= 11 is 0. The van der Waals surface area contributed by atoms with Crippen LogP contribution in [0.5, 0.6) is 5.75 Å². The van der Waals surface area contributed by atoms with E-state index in [9.17, 15) is 0 Å². The van der Waals surface area contributed by atoms with Gasteiger partial charge < -0.3 is 10.5 Å². The van der Waals surface area contributed by atoms with E-state index in [0.29, 0.717) is 5.82 Å². The molecule has 0 saturated carbocycles. The molecule has 0 unspecified atom stereocenters. The second-order valence-electron chi connectivity index (χ2n) is 4.24. The molecule has 17 heavy (non-hydrogen) atoms. The van der Waals surface area contributed by atoms with E-state index in [2.05, 4.69) is 29.3 Å². The zero-order chi connectivity index (χ0) is 11.8. The van der Waals surface area contributed by atoms with Crippen molar-refractivity contribution in [2.75, 3.05) is 12.3 Å². The van der Waals surface area contributed by atoms with Crippen molar-refractivity contribution in [3.63, 3.8) is 0 Å². The molecule has 88 valence electrons. The zero-order valence-corrected chi connectivity index (χ0v) is 9.79. The molecule has 0 atom stereocenters. The molecule has 0 amide bonds. The maximum atomic E-state index is 5.83. The lowest BCUT2D eigenvalue weighted by atomic mass is 10.0. The number of nitrogen functional groups attached to an aromatic ring is 1. The molecule has 0 bridgehead atoms. The molecule has 2 aromatic rings. The van der Waals surface area contributed by atoms with E-state index in [0.717, 1.165) is 42.0 Å². The number of aromatic amines is 1. The normalized spacial score (nSPS) is 13.5. The van der Waals surface area contributed by atoms with E-state index in [1.807, 2.05) is 6.07 Å². The van der Waals surface area contributed by atoms with Crippen LogP contribution in [0.25, 0.3) is 11.3 Å². The summed E-state index contributed by atoms with van der Waals surface area (Å²) in [5.74, 6) is 1.60. The molecule has 4 heteroatoms. The van der Waals surface area contributed by atoms with Gasteiger partial charge in [-0.3, -0.25) is 5.10 Å². The van der Waals surface area contributed by atoms with Gasteiger partial charge >= 0.3 is 0 Å². The molecule has 1 aromatic heterocycles. The van der Waals surface area contributed by atoms with E-state index in [1.54, 1.807) is 0 Å². The van der Waals surface area contributed by atoms with Gasteiger partial charge in [0.15, 0.2) is 0 Å². The van der Waals surface area contributed by atoms with E-state index in [1.165, 1.54) is 5.56 Å². The molecule has 1 aromatic carbocycles. The van der Waals surface area contributed by atoms with Gasteiger partial charge in [0.2, 0.25) is 0 Å². The predicted octanol–water partition coefficient (Wildman–Crippen LogP) is 2.16. The highest BCUT2D eigenvalue weighted by atomic mass is 16.5. The Bertz CT molecular complexity index is 560. The van der Waals surface area contributed by atoms with Crippen LogP contribution in [-0.4, -0.2) is 16.8 Å². The van der Waals surface area contributed by atoms with Crippen LogP contribution in [0.15, 0.2) is 18.2 Å². The Hall–Kier alpha value is -1.97. The van der Waals surface area contributed by atoms with Crippen LogP contribution in [0.1, 0.15) is 18.1 Å². The number of fused-ring (bicyclic) bond motifs is 1. The Morgan fingerprint density at radius 2 is 2.35 bits per heavy atom. The summed E-state index contributed by atoms with van der Waals surface area (Å²) in [7, 11) is 0. The number of ether oxygens (including phenoxy) is 1. The second-order valence-corrected chi connectivity index (χ2v) is 4.24. The number of nitrogens with one attached hydrogen (secondary N) is 1. The smallest absolute Gasteiger partial charge is 0.149 e. The first-order valence-corrected chi connectivity index (χ1v) is 5.88. The minimum absolute atomic E-state index is 0.597. The van der Waals surface area contributed by atoms with Gasteiger partial charge in [0.05, 0.1) is 12.3 Å². The maximum Gasteiger partial charge on any atom is 0.149 e. The van der Waals surface area contributed by atoms with Crippen molar-refractivity contribution >= 4 is 5.82 Å². The number of rotatable bonds is 2. The lowest BCUT2D eigenvalue weighted by Crippen LogP contribution is -1.91. The highest BCUT2D eigenvalue weighted by Gasteiger charge is 2.16. The van der Waals surface area contributed by atoms with Crippen LogP contribution in [0.3, 0.4) is 0 Å². The fourth-order valence-electron chi connectivity index (χ4n) is 2.32. The third kappa shape index (κ3) is 1.56. The molecule has 3 rings (SSSR count). The molecule has 1 aliphatic rings. The van der Waals surface area contributed by atoms with Crippen molar-refractivity contribution in [1.82, 2.24) is 10.2 Å². The van der Waals surface area contributed by atoms with Gasteiger partial charge in [-0.2, -0.15) is 5.10 Å².